The van der Waals surface area contributed by atoms with E-state index in [1.165, 1.54) is 4.90 Å². The van der Waals surface area contributed by atoms with Crippen LogP contribution in [0.15, 0.2) is 48.5 Å². The number of halogens is 1. The van der Waals surface area contributed by atoms with Crippen molar-refractivity contribution in [3.05, 3.63) is 53.6 Å². The van der Waals surface area contributed by atoms with Gasteiger partial charge >= 0.3 is 0 Å². The summed E-state index contributed by atoms with van der Waals surface area (Å²) in [5.41, 5.74) is -1.25. The molecule has 0 aliphatic carbocycles. The molecule has 3 heterocycles. The third-order valence-electron chi connectivity index (χ3n) is 9.16. The minimum Gasteiger partial charge on any atom is -0.494 e. The van der Waals surface area contributed by atoms with Crippen molar-refractivity contribution in [1.29, 1.82) is 0 Å². The number of amides is 3. The number of carbonyl (C=O) groups is 3. The molecule has 3 N–H and O–H groups in total. The van der Waals surface area contributed by atoms with Crippen molar-refractivity contribution in [2.45, 2.75) is 64.3 Å². The SMILES string of the molecule is CCOc1ccc(NC(=O)[C@H]2[C@H]3C(=O)N([C@@H](CO)C(C)C)C(C(=O)Nc4ccccc4Cl)C34CC(C)[C@]2(C)O4)cc1. The number of anilines is 2. The van der Waals surface area contributed by atoms with E-state index in [4.69, 9.17) is 21.1 Å². The van der Waals surface area contributed by atoms with Gasteiger partial charge in [0.15, 0.2) is 0 Å². The molecule has 3 aliphatic heterocycles. The second-order valence-corrected chi connectivity index (χ2v) is 12.3. The highest BCUT2D eigenvalue weighted by molar-refractivity contribution is 6.33. The number of nitrogens with zero attached hydrogens (tertiary/aromatic N) is 1. The molecule has 3 fully saturated rings. The van der Waals surface area contributed by atoms with Crippen molar-refractivity contribution in [2.75, 3.05) is 23.8 Å². The average Bonchev–Trinajstić information content (AvgIpc) is 3.44. The van der Waals surface area contributed by atoms with Crippen LogP contribution in [0.25, 0.3) is 0 Å². The van der Waals surface area contributed by atoms with E-state index >= 15 is 0 Å². The Balaban J connectivity index is 1.54. The van der Waals surface area contributed by atoms with Crippen LogP contribution < -0.4 is 15.4 Å². The van der Waals surface area contributed by atoms with Crippen LogP contribution in [0.4, 0.5) is 11.4 Å². The highest BCUT2D eigenvalue weighted by Crippen LogP contribution is 2.65. The lowest BCUT2D eigenvalue weighted by Gasteiger charge is -2.38. The van der Waals surface area contributed by atoms with Crippen LogP contribution in [-0.4, -0.2) is 64.2 Å². The topological polar surface area (TPSA) is 117 Å². The number of benzene rings is 2. The molecule has 2 aromatic rings. The summed E-state index contributed by atoms with van der Waals surface area (Å²) in [4.78, 5) is 43.9. The number of aliphatic hydroxyl groups is 1. The normalized spacial score (nSPS) is 30.8. The van der Waals surface area contributed by atoms with E-state index in [1.807, 2.05) is 34.6 Å². The summed E-state index contributed by atoms with van der Waals surface area (Å²) in [6.45, 7) is 9.72. The molecule has 41 heavy (non-hydrogen) atoms. The van der Waals surface area contributed by atoms with Crippen LogP contribution in [0.5, 0.6) is 5.75 Å². The molecule has 10 heteroatoms. The highest BCUT2D eigenvalue weighted by Gasteiger charge is 2.80. The van der Waals surface area contributed by atoms with Gasteiger partial charge in [-0.05, 0) is 68.5 Å². The summed E-state index contributed by atoms with van der Waals surface area (Å²) in [5.74, 6) is -2.51. The zero-order chi connectivity index (χ0) is 29.7. The molecule has 3 amide bonds. The van der Waals surface area contributed by atoms with Gasteiger partial charge in [0.2, 0.25) is 17.7 Å². The number of nitrogens with one attached hydrogen (secondary N) is 2. The minimum absolute atomic E-state index is 0.121. The molecular weight excluding hydrogens is 546 g/mol. The Morgan fingerprint density at radius 3 is 2.44 bits per heavy atom. The fourth-order valence-electron chi connectivity index (χ4n) is 7.14. The van der Waals surface area contributed by atoms with Gasteiger partial charge in [0.1, 0.15) is 17.4 Å². The Labute approximate surface area is 245 Å². The highest BCUT2D eigenvalue weighted by atomic mass is 35.5. The van der Waals surface area contributed by atoms with Gasteiger partial charge in [0, 0.05) is 5.69 Å². The van der Waals surface area contributed by atoms with Crippen molar-refractivity contribution >= 4 is 40.7 Å². The Hall–Kier alpha value is -3.14. The number of carbonyl (C=O) groups excluding carboxylic acids is 3. The number of aliphatic hydroxyl groups excluding tert-OH is 1. The van der Waals surface area contributed by atoms with Crippen LogP contribution >= 0.6 is 11.6 Å². The van der Waals surface area contributed by atoms with Crippen LogP contribution in [0.2, 0.25) is 5.02 Å². The number of hydrogen-bond donors (Lipinski definition) is 3. The minimum atomic E-state index is -1.25. The van der Waals surface area contributed by atoms with Crippen LogP contribution in [0, 0.1) is 23.7 Å². The summed E-state index contributed by atoms with van der Waals surface area (Å²) in [6, 6.07) is 12.2. The first-order chi connectivity index (χ1) is 19.5. The summed E-state index contributed by atoms with van der Waals surface area (Å²) in [6.07, 6.45) is 0.417. The number of para-hydroxylation sites is 1. The Bertz CT molecular complexity index is 1340. The van der Waals surface area contributed by atoms with E-state index in [9.17, 15) is 19.5 Å². The summed E-state index contributed by atoms with van der Waals surface area (Å²) < 4.78 is 12.3. The van der Waals surface area contributed by atoms with Gasteiger partial charge in [-0.1, -0.05) is 44.5 Å². The molecule has 220 valence electrons. The molecule has 9 nitrogen and oxygen atoms in total. The molecule has 3 aliphatic rings. The molecule has 3 unspecified atom stereocenters. The average molecular weight is 584 g/mol. The first-order valence-corrected chi connectivity index (χ1v) is 14.6. The summed E-state index contributed by atoms with van der Waals surface area (Å²) >= 11 is 6.36. The van der Waals surface area contributed by atoms with Crippen molar-refractivity contribution in [3.63, 3.8) is 0 Å². The second-order valence-electron chi connectivity index (χ2n) is 11.9. The molecule has 0 saturated carbocycles. The molecular formula is C31H38ClN3O6. The zero-order valence-electron chi connectivity index (χ0n) is 24.0. The lowest BCUT2D eigenvalue weighted by molar-refractivity contribution is -0.149. The number of ether oxygens (including phenoxy) is 2. The number of hydrogen-bond acceptors (Lipinski definition) is 6. The largest absolute Gasteiger partial charge is 0.494 e. The van der Waals surface area contributed by atoms with E-state index < -0.39 is 41.0 Å². The molecule has 7 atom stereocenters. The Kier molecular flexibility index (Phi) is 7.82. The van der Waals surface area contributed by atoms with Crippen LogP contribution in [-0.2, 0) is 19.1 Å². The third kappa shape index (κ3) is 4.68. The maximum atomic E-state index is 14.4. The quantitative estimate of drug-likeness (QED) is 0.404. The van der Waals surface area contributed by atoms with Crippen LogP contribution in [0.1, 0.15) is 41.0 Å². The van der Waals surface area contributed by atoms with Gasteiger partial charge in [0.05, 0.1) is 47.4 Å². The maximum Gasteiger partial charge on any atom is 0.250 e. The zero-order valence-corrected chi connectivity index (χ0v) is 24.8. The maximum absolute atomic E-state index is 14.4. The van der Waals surface area contributed by atoms with Crippen molar-refractivity contribution in [2.24, 2.45) is 23.7 Å². The van der Waals surface area contributed by atoms with Crippen molar-refractivity contribution < 1.29 is 29.0 Å². The van der Waals surface area contributed by atoms with E-state index in [0.717, 1.165) is 0 Å². The second kappa shape index (κ2) is 10.9. The molecule has 0 radical (unpaired) electrons. The third-order valence-corrected chi connectivity index (χ3v) is 9.49. The first-order valence-electron chi connectivity index (χ1n) is 14.2. The Morgan fingerprint density at radius 2 is 1.83 bits per heavy atom. The van der Waals surface area contributed by atoms with Crippen molar-refractivity contribution in [1.82, 2.24) is 4.90 Å². The molecule has 0 aromatic heterocycles. The Morgan fingerprint density at radius 1 is 1.15 bits per heavy atom. The molecule has 2 aromatic carbocycles. The number of rotatable bonds is 9. The number of fused-ring (bicyclic) bond motifs is 1. The van der Waals surface area contributed by atoms with E-state index in [2.05, 4.69) is 10.6 Å². The van der Waals surface area contributed by atoms with E-state index in [0.29, 0.717) is 35.2 Å². The monoisotopic (exact) mass is 583 g/mol. The van der Waals surface area contributed by atoms with Crippen LogP contribution in [0.3, 0.4) is 0 Å². The van der Waals surface area contributed by atoms with Gasteiger partial charge < -0.3 is 30.1 Å². The standard InChI is InChI=1S/C31H38ClN3O6/c1-6-40-20-13-11-19(12-14-20)33-27(37)24-25-29(39)35(23(16-36)17(2)3)26(31(25)15-18(4)30(24,5)41-31)28(38)34-22-10-8-7-9-21(22)32/h7-14,17-18,23-26,36H,6,15-16H2,1-5H3,(H,33,37)(H,34,38)/t18?,23-,24+,25-,26?,30-,31?/m0/s1. The van der Waals surface area contributed by atoms with Crippen molar-refractivity contribution in [3.8, 4) is 5.75 Å². The lowest BCUT2D eigenvalue weighted by atomic mass is 9.62. The molecule has 5 rings (SSSR count). The predicted molar refractivity (Wildman–Crippen MR) is 156 cm³/mol. The van der Waals surface area contributed by atoms with Gasteiger partial charge in [-0.3, -0.25) is 14.4 Å². The molecule has 1 spiro atoms. The van der Waals surface area contributed by atoms with E-state index in [1.54, 1.807) is 48.5 Å². The smallest absolute Gasteiger partial charge is 0.250 e. The molecule has 3 saturated heterocycles. The fraction of sp³-hybridized carbons (Fsp3) is 0.516. The van der Waals surface area contributed by atoms with Gasteiger partial charge in [-0.15, -0.1) is 0 Å². The van der Waals surface area contributed by atoms with E-state index in [-0.39, 0.29) is 30.3 Å². The summed E-state index contributed by atoms with van der Waals surface area (Å²) in [5, 5.41) is 16.6. The first kappa shape index (κ1) is 29.4. The lowest BCUT2D eigenvalue weighted by Crippen LogP contribution is -2.57. The summed E-state index contributed by atoms with van der Waals surface area (Å²) in [7, 11) is 0. The van der Waals surface area contributed by atoms with Gasteiger partial charge in [-0.25, -0.2) is 0 Å². The van der Waals surface area contributed by atoms with Gasteiger partial charge in [-0.2, -0.15) is 0 Å². The fourth-order valence-corrected chi connectivity index (χ4v) is 7.32. The molecule has 2 bridgehead atoms. The van der Waals surface area contributed by atoms with Gasteiger partial charge in [0.25, 0.3) is 0 Å². The predicted octanol–water partition coefficient (Wildman–Crippen LogP) is 4.34. The number of likely N-dealkylation sites (tertiary alicyclic amines) is 1.